The molecule has 1 atom stereocenters. The summed E-state index contributed by atoms with van der Waals surface area (Å²) in [5.41, 5.74) is 7.93. The zero-order valence-corrected chi connectivity index (χ0v) is 49.1. The summed E-state index contributed by atoms with van der Waals surface area (Å²) < 4.78 is 59.1. The van der Waals surface area contributed by atoms with E-state index in [9.17, 15) is 18.7 Å². The van der Waals surface area contributed by atoms with Crippen LogP contribution < -0.4 is 10.4 Å². The van der Waals surface area contributed by atoms with Gasteiger partial charge in [-0.3, -0.25) is 4.79 Å². The van der Waals surface area contributed by atoms with Gasteiger partial charge in [0.25, 0.3) is 0 Å². The Morgan fingerprint density at radius 2 is 1.04 bits per heavy atom. The predicted octanol–water partition coefficient (Wildman–Crippen LogP) is 16.2. The molecule has 4 aromatic carbocycles. The molecule has 69 heavy (non-hydrogen) atoms. The summed E-state index contributed by atoms with van der Waals surface area (Å²) in [6.45, 7) is 37.4. The summed E-state index contributed by atoms with van der Waals surface area (Å²) in [5, 5.41) is 15.9. The Labute approximate surface area is 436 Å². The molecule has 0 aliphatic heterocycles. The number of ketones is 1. The Morgan fingerprint density at radius 3 is 1.36 bits per heavy atom. The molecule has 0 aliphatic rings. The Balaban J connectivity index is 0.000000294. The molecule has 2 heterocycles. The van der Waals surface area contributed by atoms with Crippen molar-refractivity contribution in [2.24, 2.45) is 11.8 Å². The number of rotatable bonds is 12. The molecule has 0 spiro atoms. The topological polar surface area (TPSA) is 63.1 Å². The number of hydrogen-bond donors (Lipinski definition) is 1. The zero-order chi connectivity index (χ0) is 54.6. The van der Waals surface area contributed by atoms with Gasteiger partial charge >= 0.3 is 0 Å². The maximum Gasteiger partial charge on any atom is 0.246 e. The predicted molar refractivity (Wildman–Crippen MR) is 294 cm³/mol. The van der Waals surface area contributed by atoms with Crippen molar-refractivity contribution in [1.82, 2.24) is 9.97 Å². The summed E-state index contributed by atoms with van der Waals surface area (Å²) in [4.78, 5) is 20.8. The number of halogens is 2. The SMILES string of the molecule is CCC(CC)C(=O)/C=C(\O)C(CC)CC(C)(F)F.[2H]c1nc(-c2[c-]c(C)cc(C(C)(C)C)c2)c2ccc([Si](C)(C)C)cc2c1[2H].[2H]c1nc(-c2[c-]c(C)cc(C(C)(C)C)c2)c2ccc([Si](C)(C)C)cc2c1[2H].[Ir]. The molecular formula is C60H80F2IrN2O2Si2-2. The van der Waals surface area contributed by atoms with Crippen LogP contribution >= 0.6 is 0 Å². The van der Waals surface area contributed by atoms with Gasteiger partial charge in [-0.15, -0.1) is 69.8 Å². The van der Waals surface area contributed by atoms with Crippen LogP contribution in [0.25, 0.3) is 44.1 Å². The molecule has 4 nitrogen and oxygen atoms in total. The van der Waals surface area contributed by atoms with Crippen LogP contribution in [0.4, 0.5) is 8.78 Å². The fourth-order valence-corrected chi connectivity index (χ4v) is 10.3. The fraction of sp³-hybridized carbons (Fsp3) is 0.450. The first-order chi connectivity index (χ1) is 33.0. The number of fused-ring (bicyclic) bond motifs is 2. The van der Waals surface area contributed by atoms with Gasteiger partial charge in [0.1, 0.15) is 0 Å². The van der Waals surface area contributed by atoms with E-state index in [1.165, 1.54) is 21.5 Å². The molecule has 6 rings (SSSR count). The standard InChI is InChI=1S/2C23H28NSi.C14H24F2O2.Ir/c2*1-16-12-18(14-19(13-16)23(2,3)4)22-21-9-8-20(25(5,6)7)15-17(21)10-11-24-22;1-5-10(6-2)12(17)8-13(18)11(7-3)9-14(4,15)16;/h2*8-11,13-15H,1-7H3;8,10-11,18H,5-7,9H2,1-4H3;/q2*-1;;/b;;13-8-;/i2*10D,11D;;. The van der Waals surface area contributed by atoms with E-state index in [2.05, 4.69) is 164 Å². The fourth-order valence-electron chi connectivity index (χ4n) is 7.97. The summed E-state index contributed by atoms with van der Waals surface area (Å²) in [7, 11) is -3.01. The first-order valence-electron chi connectivity index (χ1n) is 26.2. The number of aromatic nitrogens is 2. The maximum absolute atomic E-state index is 12.9. The average Bonchev–Trinajstić information content (AvgIpc) is 3.26. The van der Waals surface area contributed by atoms with Gasteiger partial charge in [0.15, 0.2) is 5.78 Å². The van der Waals surface area contributed by atoms with Gasteiger partial charge in [-0.2, -0.15) is 0 Å². The summed E-state index contributed by atoms with van der Waals surface area (Å²) in [6, 6.07) is 28.5. The number of benzene rings is 4. The molecule has 1 radical (unpaired) electrons. The third kappa shape index (κ3) is 16.7. The molecule has 0 fully saturated rings. The maximum atomic E-state index is 12.9. The van der Waals surface area contributed by atoms with Crippen molar-refractivity contribution in [3.8, 4) is 22.5 Å². The van der Waals surface area contributed by atoms with E-state index in [1.807, 2.05) is 27.7 Å². The van der Waals surface area contributed by atoms with Crippen molar-refractivity contribution < 1.29 is 44.3 Å². The van der Waals surface area contributed by atoms with E-state index in [-0.39, 0.29) is 72.8 Å². The molecular weight excluding hydrogens is 1070 g/mol. The van der Waals surface area contributed by atoms with Crippen molar-refractivity contribution in [2.45, 2.75) is 165 Å². The van der Waals surface area contributed by atoms with Crippen LogP contribution in [-0.2, 0) is 35.7 Å². The van der Waals surface area contributed by atoms with Crippen LogP contribution in [0.3, 0.4) is 0 Å². The number of carbonyl (C=O) groups is 1. The molecule has 1 N–H and O–H groups in total. The first kappa shape index (κ1) is 52.7. The molecule has 0 amide bonds. The smallest absolute Gasteiger partial charge is 0.246 e. The van der Waals surface area contributed by atoms with E-state index in [1.54, 1.807) is 6.92 Å². The number of carbonyl (C=O) groups excluding carboxylic acids is 1. The zero-order valence-electron chi connectivity index (χ0n) is 48.7. The normalized spacial score (nSPS) is 13.8. The van der Waals surface area contributed by atoms with Crippen molar-refractivity contribution in [1.29, 1.82) is 0 Å². The summed E-state index contributed by atoms with van der Waals surface area (Å²) >= 11 is 0. The minimum Gasteiger partial charge on any atom is -0.512 e. The molecule has 0 saturated carbocycles. The van der Waals surface area contributed by atoms with Gasteiger partial charge in [0.2, 0.25) is 5.92 Å². The van der Waals surface area contributed by atoms with E-state index in [0.717, 1.165) is 68.2 Å². The summed E-state index contributed by atoms with van der Waals surface area (Å²) in [6.07, 6.45) is 2.54. The Kier molecular flexibility index (Phi) is 18.2. The second kappa shape index (κ2) is 23.8. The van der Waals surface area contributed by atoms with E-state index < -0.39 is 34.4 Å². The van der Waals surface area contributed by atoms with Gasteiger partial charge in [-0.05, 0) is 82.0 Å². The second-order valence-electron chi connectivity index (χ2n) is 22.7. The number of allylic oxidation sites excluding steroid dienone is 2. The van der Waals surface area contributed by atoms with Gasteiger partial charge in [-0.25, -0.2) is 8.78 Å². The molecule has 0 aliphatic carbocycles. The summed E-state index contributed by atoms with van der Waals surface area (Å²) in [5.74, 6) is -4.00. The Hall–Kier alpha value is -4.15. The average molecular weight is 1150 g/mol. The van der Waals surface area contributed by atoms with Crippen LogP contribution in [0.5, 0.6) is 0 Å². The van der Waals surface area contributed by atoms with Gasteiger partial charge < -0.3 is 15.1 Å². The number of hydrogen-bond acceptors (Lipinski definition) is 4. The van der Waals surface area contributed by atoms with Crippen LogP contribution in [-0.4, -0.2) is 42.9 Å². The molecule has 0 saturated heterocycles. The second-order valence-corrected chi connectivity index (χ2v) is 32.9. The number of pyridine rings is 2. The number of aliphatic hydroxyl groups is 1. The van der Waals surface area contributed by atoms with Gasteiger partial charge in [-0.1, -0.05) is 162 Å². The third-order valence-corrected chi connectivity index (χ3v) is 16.5. The van der Waals surface area contributed by atoms with Crippen molar-refractivity contribution >= 4 is 53.8 Å². The van der Waals surface area contributed by atoms with Crippen molar-refractivity contribution in [3.05, 3.63) is 131 Å². The molecule has 1 unspecified atom stereocenters. The largest absolute Gasteiger partial charge is 0.512 e. The van der Waals surface area contributed by atoms with Crippen molar-refractivity contribution in [3.63, 3.8) is 0 Å². The molecule has 6 aromatic rings. The van der Waals surface area contributed by atoms with E-state index >= 15 is 0 Å². The third-order valence-electron chi connectivity index (χ3n) is 12.4. The van der Waals surface area contributed by atoms with Crippen LogP contribution in [0.1, 0.15) is 123 Å². The molecule has 375 valence electrons. The van der Waals surface area contributed by atoms with Crippen LogP contribution in [0.2, 0.25) is 39.3 Å². The molecule has 9 heteroatoms. The van der Waals surface area contributed by atoms with Crippen molar-refractivity contribution in [2.75, 3.05) is 0 Å². The van der Waals surface area contributed by atoms with E-state index in [0.29, 0.717) is 19.3 Å². The Morgan fingerprint density at radius 1 is 0.667 bits per heavy atom. The van der Waals surface area contributed by atoms with Gasteiger partial charge in [0, 0.05) is 56.8 Å². The minimum atomic E-state index is -2.83. The Bertz CT molecular complexity index is 2770. The number of nitrogens with zero attached hydrogens (tertiary/aromatic N) is 2. The molecule has 0 bridgehead atoms. The van der Waals surface area contributed by atoms with Gasteiger partial charge in [0.05, 0.1) is 27.4 Å². The number of aliphatic hydroxyl groups excluding tert-OH is 1. The van der Waals surface area contributed by atoms with Crippen LogP contribution in [0.15, 0.2) is 96.9 Å². The van der Waals surface area contributed by atoms with E-state index in [4.69, 9.17) is 5.48 Å². The van der Waals surface area contributed by atoms with Crippen LogP contribution in [0, 0.1) is 37.8 Å². The first-order valence-corrected chi connectivity index (χ1v) is 31.2. The minimum absolute atomic E-state index is 0. The molecule has 2 aromatic heterocycles. The monoisotopic (exact) mass is 1150 g/mol. The number of alkyl halides is 2. The quantitative estimate of drug-likeness (QED) is 0.0574. The number of aryl methyl sites for hydroxylation is 2.